The van der Waals surface area contributed by atoms with Crippen LogP contribution in [0.1, 0.15) is 32.1 Å². The second kappa shape index (κ2) is 6.09. The minimum atomic E-state index is 0.0697. The van der Waals surface area contributed by atoms with E-state index in [9.17, 15) is 0 Å². The molecule has 2 aromatic rings. The van der Waals surface area contributed by atoms with Crippen molar-refractivity contribution in [2.45, 2.75) is 32.7 Å². The summed E-state index contributed by atoms with van der Waals surface area (Å²) < 4.78 is 5.26. The minimum Gasteiger partial charge on any atom is -0.467 e. The van der Waals surface area contributed by atoms with Gasteiger partial charge in [0.15, 0.2) is 5.11 Å². The zero-order valence-corrected chi connectivity index (χ0v) is 12.9. The van der Waals surface area contributed by atoms with Gasteiger partial charge in [0.05, 0.1) is 12.8 Å². The highest BCUT2D eigenvalue weighted by Crippen LogP contribution is 2.29. The molecule has 2 N–H and O–H groups in total. The van der Waals surface area contributed by atoms with Crippen LogP contribution in [0.5, 0.6) is 0 Å². The standard InChI is InChI=1S/C16H20N2OS/c1-16(2,3)13-8-4-5-9-14(13)18-15(20)17-11-12-7-6-10-19-12/h4-10H,11H2,1-3H3,(H2,17,18,20). The van der Waals surface area contributed by atoms with Crippen LogP contribution in [0.4, 0.5) is 5.69 Å². The monoisotopic (exact) mass is 288 g/mol. The molecule has 0 unspecified atom stereocenters. The van der Waals surface area contributed by atoms with Crippen LogP contribution in [0.3, 0.4) is 0 Å². The molecule has 0 saturated carbocycles. The fourth-order valence-corrected chi connectivity index (χ4v) is 2.18. The number of furan rings is 1. The Bertz CT molecular complexity index is 570. The molecule has 2 rings (SSSR count). The van der Waals surface area contributed by atoms with Crippen molar-refractivity contribution in [3.05, 3.63) is 54.0 Å². The van der Waals surface area contributed by atoms with E-state index in [0.717, 1.165) is 11.4 Å². The molecular formula is C16H20N2OS. The van der Waals surface area contributed by atoms with E-state index in [-0.39, 0.29) is 5.41 Å². The second-order valence-electron chi connectivity index (χ2n) is 5.68. The van der Waals surface area contributed by atoms with Gasteiger partial charge in [-0.05, 0) is 41.4 Å². The highest BCUT2D eigenvalue weighted by Gasteiger charge is 2.17. The van der Waals surface area contributed by atoms with Crippen LogP contribution in [-0.4, -0.2) is 5.11 Å². The predicted molar refractivity (Wildman–Crippen MR) is 86.9 cm³/mol. The largest absolute Gasteiger partial charge is 0.467 e. The maximum absolute atomic E-state index is 5.33. The van der Waals surface area contributed by atoms with Crippen LogP contribution in [0.15, 0.2) is 47.1 Å². The van der Waals surface area contributed by atoms with Crippen molar-refractivity contribution in [1.29, 1.82) is 0 Å². The first-order valence-corrected chi connectivity index (χ1v) is 7.04. The first kappa shape index (κ1) is 14.6. The van der Waals surface area contributed by atoms with E-state index in [1.807, 2.05) is 30.3 Å². The topological polar surface area (TPSA) is 37.2 Å². The fraction of sp³-hybridized carbons (Fsp3) is 0.312. The molecule has 3 nitrogen and oxygen atoms in total. The van der Waals surface area contributed by atoms with Crippen molar-refractivity contribution in [3.8, 4) is 0 Å². The average Bonchev–Trinajstić information content (AvgIpc) is 2.89. The lowest BCUT2D eigenvalue weighted by molar-refractivity contribution is 0.503. The van der Waals surface area contributed by atoms with Crippen LogP contribution in [0.2, 0.25) is 0 Å². The number of nitrogens with one attached hydrogen (secondary N) is 2. The molecule has 0 fully saturated rings. The van der Waals surface area contributed by atoms with Crippen molar-refractivity contribution in [2.24, 2.45) is 0 Å². The van der Waals surface area contributed by atoms with Crippen molar-refractivity contribution in [1.82, 2.24) is 5.32 Å². The summed E-state index contributed by atoms with van der Waals surface area (Å²) in [6, 6.07) is 12.0. The van der Waals surface area contributed by atoms with E-state index in [1.165, 1.54) is 5.56 Å². The van der Waals surface area contributed by atoms with Crippen LogP contribution in [0, 0.1) is 0 Å². The fourth-order valence-electron chi connectivity index (χ4n) is 1.99. The molecule has 0 aliphatic heterocycles. The molecule has 106 valence electrons. The molecule has 1 heterocycles. The summed E-state index contributed by atoms with van der Waals surface area (Å²) in [5.41, 5.74) is 2.35. The summed E-state index contributed by atoms with van der Waals surface area (Å²) in [7, 11) is 0. The Morgan fingerprint density at radius 3 is 2.55 bits per heavy atom. The van der Waals surface area contributed by atoms with E-state index in [2.05, 4.69) is 37.5 Å². The number of hydrogen-bond acceptors (Lipinski definition) is 2. The van der Waals surface area contributed by atoms with Gasteiger partial charge in [-0.2, -0.15) is 0 Å². The average molecular weight is 288 g/mol. The molecule has 0 radical (unpaired) electrons. The van der Waals surface area contributed by atoms with Gasteiger partial charge in [-0.1, -0.05) is 39.0 Å². The van der Waals surface area contributed by atoms with E-state index < -0.39 is 0 Å². The Morgan fingerprint density at radius 2 is 1.90 bits per heavy atom. The highest BCUT2D eigenvalue weighted by molar-refractivity contribution is 7.80. The quantitative estimate of drug-likeness (QED) is 0.835. The number of thiocarbonyl (C=S) groups is 1. The summed E-state index contributed by atoms with van der Waals surface area (Å²) in [6.45, 7) is 7.14. The number of benzene rings is 1. The molecule has 0 bridgehead atoms. The van der Waals surface area contributed by atoms with Gasteiger partial charge >= 0.3 is 0 Å². The molecule has 1 aromatic heterocycles. The Balaban J connectivity index is 2.01. The van der Waals surface area contributed by atoms with Gasteiger partial charge in [-0.25, -0.2) is 0 Å². The molecule has 0 saturated heterocycles. The number of rotatable bonds is 3. The van der Waals surface area contributed by atoms with Gasteiger partial charge in [0.1, 0.15) is 5.76 Å². The van der Waals surface area contributed by atoms with E-state index in [0.29, 0.717) is 11.7 Å². The van der Waals surface area contributed by atoms with E-state index >= 15 is 0 Å². The van der Waals surface area contributed by atoms with Crippen molar-refractivity contribution in [3.63, 3.8) is 0 Å². The maximum Gasteiger partial charge on any atom is 0.171 e. The Labute approximate surface area is 125 Å². The van der Waals surface area contributed by atoms with E-state index in [4.69, 9.17) is 16.6 Å². The zero-order valence-electron chi connectivity index (χ0n) is 12.1. The van der Waals surface area contributed by atoms with Crippen LogP contribution in [-0.2, 0) is 12.0 Å². The van der Waals surface area contributed by atoms with Gasteiger partial charge in [0.25, 0.3) is 0 Å². The number of hydrogen-bond donors (Lipinski definition) is 2. The molecule has 4 heteroatoms. The smallest absolute Gasteiger partial charge is 0.171 e. The third kappa shape index (κ3) is 3.84. The lowest BCUT2D eigenvalue weighted by Crippen LogP contribution is -2.29. The van der Waals surface area contributed by atoms with Crippen LogP contribution < -0.4 is 10.6 Å². The van der Waals surface area contributed by atoms with Gasteiger partial charge in [0.2, 0.25) is 0 Å². The Morgan fingerprint density at radius 1 is 1.15 bits per heavy atom. The normalized spacial score (nSPS) is 11.2. The molecule has 1 aromatic carbocycles. The lowest BCUT2D eigenvalue weighted by Gasteiger charge is -2.23. The third-order valence-corrected chi connectivity index (χ3v) is 3.23. The van der Waals surface area contributed by atoms with Crippen molar-refractivity contribution in [2.75, 3.05) is 5.32 Å². The van der Waals surface area contributed by atoms with Crippen LogP contribution >= 0.6 is 12.2 Å². The van der Waals surface area contributed by atoms with Crippen molar-refractivity contribution >= 4 is 23.0 Å². The van der Waals surface area contributed by atoms with Gasteiger partial charge in [-0.3, -0.25) is 0 Å². The summed E-state index contributed by atoms with van der Waals surface area (Å²) in [5.74, 6) is 0.859. The molecule has 0 amide bonds. The molecule has 0 aliphatic rings. The molecule has 20 heavy (non-hydrogen) atoms. The minimum absolute atomic E-state index is 0.0697. The first-order chi connectivity index (χ1) is 9.47. The summed E-state index contributed by atoms with van der Waals surface area (Å²) in [5, 5.41) is 6.99. The van der Waals surface area contributed by atoms with Gasteiger partial charge in [0, 0.05) is 5.69 Å². The lowest BCUT2D eigenvalue weighted by atomic mass is 9.86. The van der Waals surface area contributed by atoms with Gasteiger partial charge < -0.3 is 15.1 Å². The SMILES string of the molecule is CC(C)(C)c1ccccc1NC(=S)NCc1ccco1. The number of anilines is 1. The summed E-state index contributed by atoms with van der Waals surface area (Å²) in [4.78, 5) is 0. The maximum atomic E-state index is 5.33. The van der Waals surface area contributed by atoms with Crippen molar-refractivity contribution < 1.29 is 4.42 Å². The van der Waals surface area contributed by atoms with E-state index in [1.54, 1.807) is 6.26 Å². The molecule has 0 spiro atoms. The zero-order chi connectivity index (χ0) is 14.6. The van der Waals surface area contributed by atoms with Gasteiger partial charge in [-0.15, -0.1) is 0 Å². The molecule has 0 aliphatic carbocycles. The molecule has 0 atom stereocenters. The number of para-hydroxylation sites is 1. The van der Waals surface area contributed by atoms with Crippen LogP contribution in [0.25, 0.3) is 0 Å². The highest BCUT2D eigenvalue weighted by atomic mass is 32.1. The Hall–Kier alpha value is -1.81. The summed E-state index contributed by atoms with van der Waals surface area (Å²) in [6.07, 6.45) is 1.66. The predicted octanol–water partition coefficient (Wildman–Crippen LogP) is 4.06. The third-order valence-electron chi connectivity index (χ3n) is 2.99. The Kier molecular flexibility index (Phi) is 4.45. The first-order valence-electron chi connectivity index (χ1n) is 6.63. The summed E-state index contributed by atoms with van der Waals surface area (Å²) >= 11 is 5.33. The second-order valence-corrected chi connectivity index (χ2v) is 6.09. The molecular weight excluding hydrogens is 268 g/mol.